The summed E-state index contributed by atoms with van der Waals surface area (Å²) < 4.78 is 7.59. The van der Waals surface area contributed by atoms with E-state index in [1.807, 2.05) is 6.08 Å². The number of carbonyl (C=O) groups excluding carboxylic acids is 1. The molecule has 2 fully saturated rings. The fourth-order valence-electron chi connectivity index (χ4n) is 7.00. The van der Waals surface area contributed by atoms with E-state index in [1.165, 1.54) is 37.7 Å². The maximum Gasteiger partial charge on any atom is 0.155 e. The van der Waals surface area contributed by atoms with Crippen molar-refractivity contribution in [2.75, 3.05) is 11.0 Å². The predicted molar refractivity (Wildman–Crippen MR) is 110 cm³/mol. The number of hydrogen-bond acceptors (Lipinski definition) is 2. The quantitative estimate of drug-likeness (QED) is 0.414. The summed E-state index contributed by atoms with van der Waals surface area (Å²) in [5.41, 5.74) is 1.72. The number of ketones is 1. The molecule has 25 heavy (non-hydrogen) atoms. The van der Waals surface area contributed by atoms with Crippen LogP contribution in [0.1, 0.15) is 58.8 Å². The van der Waals surface area contributed by atoms with Gasteiger partial charge in [0.2, 0.25) is 0 Å². The first-order chi connectivity index (χ1) is 12.0. The first kappa shape index (κ1) is 18.2. The van der Waals surface area contributed by atoms with Gasteiger partial charge in [0.15, 0.2) is 5.78 Å². The normalized spacial score (nSPS) is 45.6. The number of ether oxygens (including phenoxy) is 1. The van der Waals surface area contributed by atoms with Crippen molar-refractivity contribution in [3.05, 3.63) is 23.8 Å². The first-order valence-electron chi connectivity index (χ1n) is 10.2. The summed E-state index contributed by atoms with van der Waals surface area (Å²) in [6, 6.07) is 0. The molecule has 2 saturated carbocycles. The monoisotopic (exact) mass is 454 g/mol. The van der Waals surface area contributed by atoms with E-state index in [2.05, 4.69) is 48.6 Å². The van der Waals surface area contributed by atoms with Crippen LogP contribution in [0.25, 0.3) is 0 Å². The largest absolute Gasteiger partial charge is 0.374 e. The van der Waals surface area contributed by atoms with Gasteiger partial charge in [0.1, 0.15) is 0 Å². The summed E-state index contributed by atoms with van der Waals surface area (Å²) >= 11 is 2.43. The smallest absolute Gasteiger partial charge is 0.155 e. The summed E-state index contributed by atoms with van der Waals surface area (Å²) in [6.45, 7) is 5.68. The van der Waals surface area contributed by atoms with E-state index in [0.717, 1.165) is 35.7 Å². The van der Waals surface area contributed by atoms with Crippen molar-refractivity contribution < 1.29 is 9.53 Å². The first-order valence-corrected chi connectivity index (χ1v) is 11.7. The van der Waals surface area contributed by atoms with E-state index < -0.39 is 0 Å². The zero-order chi connectivity index (χ0) is 17.7. The molecular weight excluding hydrogens is 423 g/mol. The molecule has 0 aromatic rings. The highest BCUT2D eigenvalue weighted by Gasteiger charge is 2.62. The highest BCUT2D eigenvalue weighted by molar-refractivity contribution is 14.1. The molecule has 0 aromatic carbocycles. The molecule has 4 rings (SSSR count). The Hall–Kier alpha value is -0.160. The van der Waals surface area contributed by atoms with Gasteiger partial charge in [-0.05, 0) is 80.8 Å². The van der Waals surface area contributed by atoms with Crippen LogP contribution in [0.15, 0.2) is 23.8 Å². The lowest BCUT2D eigenvalue weighted by molar-refractivity contribution is -0.142. The van der Waals surface area contributed by atoms with Gasteiger partial charge < -0.3 is 4.74 Å². The van der Waals surface area contributed by atoms with E-state index >= 15 is 0 Å². The fourth-order valence-corrected chi connectivity index (χ4v) is 7.22. The maximum atomic E-state index is 11.8. The van der Waals surface area contributed by atoms with E-state index in [9.17, 15) is 4.79 Å². The number of alkyl halides is 1. The number of allylic oxidation sites excluding steroid dienone is 4. The van der Waals surface area contributed by atoms with E-state index in [1.54, 1.807) is 0 Å². The van der Waals surface area contributed by atoms with Crippen LogP contribution < -0.4 is 0 Å². The zero-order valence-electron chi connectivity index (χ0n) is 15.6. The van der Waals surface area contributed by atoms with Gasteiger partial charge in [0.25, 0.3) is 0 Å². The van der Waals surface area contributed by atoms with E-state index in [-0.39, 0.29) is 5.60 Å². The zero-order valence-corrected chi connectivity index (χ0v) is 17.8. The molecule has 0 aromatic heterocycles. The van der Waals surface area contributed by atoms with Gasteiger partial charge in [0.05, 0.1) is 12.2 Å². The summed E-state index contributed by atoms with van der Waals surface area (Å²) in [7, 11) is 0. The standard InChI is InChI=1S/C22H31IO2/c1-3-22-11-8-18-17-7-5-16(24)14-15(17)4-6-19(18)20(22)9-10-21(22,2)25-13-12-23/h4,6,14,17-20H,3,5,7-13H2,1-2H3. The Labute approximate surface area is 166 Å². The van der Waals surface area contributed by atoms with Gasteiger partial charge >= 0.3 is 0 Å². The number of hydrogen-bond donors (Lipinski definition) is 0. The number of rotatable bonds is 4. The van der Waals surface area contributed by atoms with Crippen LogP contribution in [0.5, 0.6) is 0 Å². The molecule has 0 aliphatic heterocycles. The van der Waals surface area contributed by atoms with Crippen LogP contribution in [0.3, 0.4) is 0 Å². The van der Waals surface area contributed by atoms with Gasteiger partial charge in [-0.2, -0.15) is 0 Å². The third kappa shape index (κ3) is 2.70. The van der Waals surface area contributed by atoms with E-state index in [0.29, 0.717) is 23.0 Å². The molecule has 0 spiro atoms. The molecule has 6 unspecified atom stereocenters. The molecule has 6 atom stereocenters. The third-order valence-electron chi connectivity index (χ3n) is 8.19. The lowest BCUT2D eigenvalue weighted by Gasteiger charge is -2.56. The fraction of sp³-hybridized carbons (Fsp3) is 0.773. The highest BCUT2D eigenvalue weighted by atomic mass is 127. The van der Waals surface area contributed by atoms with Crippen LogP contribution in [0.2, 0.25) is 0 Å². The summed E-state index contributed by atoms with van der Waals surface area (Å²) in [6.07, 6.45) is 14.9. The van der Waals surface area contributed by atoms with Crippen LogP contribution in [0, 0.1) is 29.1 Å². The van der Waals surface area contributed by atoms with Crippen LogP contribution in [0.4, 0.5) is 0 Å². The minimum Gasteiger partial charge on any atom is -0.374 e. The minimum absolute atomic E-state index is 0.0506. The highest BCUT2D eigenvalue weighted by Crippen LogP contribution is 2.66. The van der Waals surface area contributed by atoms with Crippen LogP contribution in [-0.2, 0) is 9.53 Å². The average Bonchev–Trinajstić information content (AvgIpc) is 2.93. The SMILES string of the molecule is CCC12CCC3C4CCC(=O)C=C4C=CC3C1CCC2(C)OCCI. The van der Waals surface area contributed by atoms with Crippen molar-refractivity contribution >= 4 is 28.4 Å². The maximum absolute atomic E-state index is 11.8. The van der Waals surface area contributed by atoms with Crippen molar-refractivity contribution in [3.63, 3.8) is 0 Å². The molecule has 0 amide bonds. The van der Waals surface area contributed by atoms with Crippen LogP contribution in [-0.4, -0.2) is 22.4 Å². The van der Waals surface area contributed by atoms with Gasteiger partial charge in [-0.15, -0.1) is 0 Å². The summed E-state index contributed by atoms with van der Waals surface area (Å²) in [5.74, 6) is 3.15. The van der Waals surface area contributed by atoms with Gasteiger partial charge in [0, 0.05) is 16.3 Å². The molecule has 3 heteroatoms. The Balaban J connectivity index is 1.66. The van der Waals surface area contributed by atoms with Gasteiger partial charge in [-0.3, -0.25) is 4.79 Å². The second-order valence-corrected chi connectivity index (χ2v) is 9.90. The molecule has 0 saturated heterocycles. The molecule has 2 nitrogen and oxygen atoms in total. The Morgan fingerprint density at radius 3 is 2.88 bits per heavy atom. The van der Waals surface area contributed by atoms with Crippen LogP contribution >= 0.6 is 22.6 Å². The third-order valence-corrected chi connectivity index (χ3v) is 8.63. The topological polar surface area (TPSA) is 26.3 Å². The molecule has 4 aliphatic carbocycles. The lowest BCUT2D eigenvalue weighted by Crippen LogP contribution is -2.53. The molecule has 4 aliphatic rings. The lowest BCUT2D eigenvalue weighted by atomic mass is 9.51. The van der Waals surface area contributed by atoms with Gasteiger partial charge in [-0.25, -0.2) is 0 Å². The number of fused-ring (bicyclic) bond motifs is 5. The second kappa shape index (κ2) is 6.78. The summed E-state index contributed by atoms with van der Waals surface area (Å²) in [5, 5.41) is 0. The van der Waals surface area contributed by atoms with Crippen molar-refractivity contribution in [1.29, 1.82) is 0 Å². The molecule has 0 heterocycles. The Morgan fingerprint density at radius 1 is 1.28 bits per heavy atom. The molecule has 138 valence electrons. The number of carbonyl (C=O) groups is 1. The van der Waals surface area contributed by atoms with E-state index in [4.69, 9.17) is 4.74 Å². The minimum atomic E-state index is 0.0506. The summed E-state index contributed by atoms with van der Waals surface area (Å²) in [4.78, 5) is 11.8. The second-order valence-electron chi connectivity index (χ2n) is 8.82. The average molecular weight is 454 g/mol. The predicted octanol–water partition coefficient (Wildman–Crippen LogP) is 5.50. The molecule has 0 radical (unpaired) electrons. The van der Waals surface area contributed by atoms with Crippen molar-refractivity contribution in [1.82, 2.24) is 0 Å². The van der Waals surface area contributed by atoms with Crippen molar-refractivity contribution in [2.45, 2.75) is 64.4 Å². The molecular formula is C22H31IO2. The Bertz CT molecular complexity index is 609. The number of halogens is 1. The Morgan fingerprint density at radius 2 is 2.12 bits per heavy atom. The van der Waals surface area contributed by atoms with Gasteiger partial charge in [-0.1, -0.05) is 41.7 Å². The molecule has 0 bridgehead atoms. The molecule has 0 N–H and O–H groups in total. The van der Waals surface area contributed by atoms with Crippen molar-refractivity contribution in [2.24, 2.45) is 29.1 Å². The van der Waals surface area contributed by atoms with Crippen molar-refractivity contribution in [3.8, 4) is 0 Å². The Kier molecular flexibility index (Phi) is 4.94.